The van der Waals surface area contributed by atoms with E-state index in [9.17, 15) is 4.79 Å². The summed E-state index contributed by atoms with van der Waals surface area (Å²) in [6.45, 7) is 3.53. The van der Waals surface area contributed by atoms with Gasteiger partial charge >= 0.3 is 0 Å². The average molecular weight is 240 g/mol. The van der Waals surface area contributed by atoms with Gasteiger partial charge in [0.15, 0.2) is 5.78 Å². The fourth-order valence-corrected chi connectivity index (χ4v) is 1.77. The van der Waals surface area contributed by atoms with E-state index in [4.69, 9.17) is 11.6 Å². The van der Waals surface area contributed by atoms with Crippen LogP contribution < -0.4 is 0 Å². The van der Waals surface area contributed by atoms with Crippen molar-refractivity contribution in [1.29, 1.82) is 0 Å². The Morgan fingerprint density at radius 2 is 2.06 bits per heavy atom. The predicted molar refractivity (Wildman–Crippen MR) is 68.2 cm³/mol. The van der Waals surface area contributed by atoms with Crippen LogP contribution in [0.3, 0.4) is 0 Å². The Kier molecular flexibility index (Phi) is 5.50. The number of ketones is 1. The lowest BCUT2D eigenvalue weighted by atomic mass is 10.1. The number of unbranched alkanes of at least 4 members (excludes halogenated alkanes) is 1. The summed E-state index contributed by atoms with van der Waals surface area (Å²) >= 11 is 5.97. The molecule has 0 aromatic heterocycles. The number of Topliss-reactive ketones (excluding diaryl/α,β-unsaturated/α-hetero) is 1. The van der Waals surface area contributed by atoms with Crippen molar-refractivity contribution in [3.8, 4) is 0 Å². The number of carbonyl (C=O) groups is 1. The molecular formula is C13H18ClNO. The van der Waals surface area contributed by atoms with Gasteiger partial charge in [0.05, 0.1) is 11.6 Å². The highest BCUT2D eigenvalue weighted by molar-refractivity contribution is 6.34. The van der Waals surface area contributed by atoms with Crippen molar-refractivity contribution in [2.45, 2.75) is 19.8 Å². The average Bonchev–Trinajstić information content (AvgIpc) is 2.26. The fraction of sp³-hybridized carbons (Fsp3) is 0.462. The van der Waals surface area contributed by atoms with Gasteiger partial charge in [-0.1, -0.05) is 37.1 Å². The zero-order chi connectivity index (χ0) is 12.0. The lowest BCUT2D eigenvalue weighted by Gasteiger charge is -2.15. The maximum Gasteiger partial charge on any atom is 0.178 e. The van der Waals surface area contributed by atoms with Crippen LogP contribution in [0.25, 0.3) is 0 Å². The van der Waals surface area contributed by atoms with Crippen LogP contribution in [-0.4, -0.2) is 30.8 Å². The second-order valence-electron chi connectivity index (χ2n) is 3.99. The molecule has 0 atom stereocenters. The number of halogens is 1. The maximum atomic E-state index is 11.9. The number of hydrogen-bond acceptors (Lipinski definition) is 2. The Labute approximate surface area is 102 Å². The molecule has 0 radical (unpaired) electrons. The van der Waals surface area contributed by atoms with E-state index in [0.717, 1.165) is 19.4 Å². The van der Waals surface area contributed by atoms with Gasteiger partial charge in [-0.15, -0.1) is 0 Å². The molecule has 0 unspecified atom stereocenters. The zero-order valence-electron chi connectivity index (χ0n) is 9.87. The number of hydrogen-bond donors (Lipinski definition) is 0. The third-order valence-electron chi connectivity index (χ3n) is 2.48. The van der Waals surface area contributed by atoms with Gasteiger partial charge in [0, 0.05) is 5.56 Å². The van der Waals surface area contributed by atoms with Crippen LogP contribution in [0.2, 0.25) is 5.02 Å². The number of nitrogens with zero attached hydrogens (tertiary/aromatic N) is 1. The Hall–Kier alpha value is -0.860. The summed E-state index contributed by atoms with van der Waals surface area (Å²) in [4.78, 5) is 13.9. The van der Waals surface area contributed by atoms with Crippen LogP contribution in [-0.2, 0) is 0 Å². The van der Waals surface area contributed by atoms with Crippen molar-refractivity contribution < 1.29 is 4.79 Å². The standard InChI is InChI=1S/C13H18ClNO/c1-3-4-9-15(2)10-13(16)11-7-5-6-8-12(11)14/h5-8H,3-4,9-10H2,1-2H3. The van der Waals surface area contributed by atoms with E-state index in [1.807, 2.05) is 24.1 Å². The minimum atomic E-state index is 0.0872. The molecule has 3 heteroatoms. The SMILES string of the molecule is CCCCN(C)CC(=O)c1ccccc1Cl. The van der Waals surface area contributed by atoms with Crippen LogP contribution in [0.4, 0.5) is 0 Å². The molecule has 0 bridgehead atoms. The van der Waals surface area contributed by atoms with Gasteiger partial charge in [-0.2, -0.15) is 0 Å². The molecule has 0 saturated heterocycles. The van der Waals surface area contributed by atoms with Crippen molar-refractivity contribution in [2.24, 2.45) is 0 Å². The monoisotopic (exact) mass is 239 g/mol. The van der Waals surface area contributed by atoms with Crippen molar-refractivity contribution in [3.63, 3.8) is 0 Å². The number of benzene rings is 1. The number of carbonyl (C=O) groups excluding carboxylic acids is 1. The molecule has 88 valence electrons. The van der Waals surface area contributed by atoms with Gasteiger partial charge in [0.1, 0.15) is 0 Å². The molecule has 0 spiro atoms. The third-order valence-corrected chi connectivity index (χ3v) is 2.81. The first-order valence-corrected chi connectivity index (χ1v) is 5.99. The first-order chi connectivity index (χ1) is 7.65. The second-order valence-corrected chi connectivity index (χ2v) is 4.40. The first-order valence-electron chi connectivity index (χ1n) is 5.61. The number of rotatable bonds is 6. The third kappa shape index (κ3) is 3.95. The van der Waals surface area contributed by atoms with Crippen LogP contribution in [0.15, 0.2) is 24.3 Å². The molecule has 0 heterocycles. The van der Waals surface area contributed by atoms with Crippen molar-refractivity contribution in [3.05, 3.63) is 34.9 Å². The summed E-state index contributed by atoms with van der Waals surface area (Å²) in [5.74, 6) is 0.0872. The minimum absolute atomic E-state index is 0.0872. The molecule has 0 aliphatic heterocycles. The normalized spacial score (nSPS) is 10.8. The Morgan fingerprint density at radius 1 is 1.38 bits per heavy atom. The van der Waals surface area contributed by atoms with Gasteiger partial charge in [-0.25, -0.2) is 0 Å². The molecule has 16 heavy (non-hydrogen) atoms. The molecule has 0 amide bonds. The Balaban J connectivity index is 2.56. The maximum absolute atomic E-state index is 11.9. The molecule has 0 fully saturated rings. The lowest BCUT2D eigenvalue weighted by Crippen LogP contribution is -2.27. The van der Waals surface area contributed by atoms with Gasteiger partial charge < -0.3 is 0 Å². The van der Waals surface area contributed by atoms with E-state index in [-0.39, 0.29) is 5.78 Å². The minimum Gasteiger partial charge on any atom is -0.299 e. The smallest absolute Gasteiger partial charge is 0.178 e. The van der Waals surface area contributed by atoms with E-state index >= 15 is 0 Å². The first kappa shape index (κ1) is 13.2. The van der Waals surface area contributed by atoms with Gasteiger partial charge in [0.25, 0.3) is 0 Å². The van der Waals surface area contributed by atoms with E-state index in [0.29, 0.717) is 17.1 Å². The summed E-state index contributed by atoms with van der Waals surface area (Å²) in [5.41, 5.74) is 0.618. The molecule has 0 saturated carbocycles. The van der Waals surface area contributed by atoms with Crippen molar-refractivity contribution >= 4 is 17.4 Å². The van der Waals surface area contributed by atoms with E-state index in [1.165, 1.54) is 0 Å². The lowest BCUT2D eigenvalue weighted by molar-refractivity contribution is 0.0946. The zero-order valence-corrected chi connectivity index (χ0v) is 10.6. The van der Waals surface area contributed by atoms with Crippen LogP contribution in [0.1, 0.15) is 30.1 Å². The second kappa shape index (κ2) is 6.66. The molecule has 1 rings (SSSR count). The summed E-state index contributed by atoms with van der Waals surface area (Å²) in [7, 11) is 1.96. The van der Waals surface area contributed by atoms with Gasteiger partial charge in [-0.05, 0) is 32.1 Å². The fourth-order valence-electron chi connectivity index (χ4n) is 1.52. The highest BCUT2D eigenvalue weighted by Crippen LogP contribution is 2.15. The van der Waals surface area contributed by atoms with Crippen LogP contribution in [0, 0.1) is 0 Å². The molecular weight excluding hydrogens is 222 g/mol. The highest BCUT2D eigenvalue weighted by atomic mass is 35.5. The molecule has 0 N–H and O–H groups in total. The number of likely N-dealkylation sites (N-methyl/N-ethyl adjacent to an activating group) is 1. The van der Waals surface area contributed by atoms with E-state index < -0.39 is 0 Å². The molecule has 2 nitrogen and oxygen atoms in total. The quantitative estimate of drug-likeness (QED) is 0.711. The Bertz CT molecular complexity index is 352. The summed E-state index contributed by atoms with van der Waals surface area (Å²) < 4.78 is 0. The van der Waals surface area contributed by atoms with E-state index in [1.54, 1.807) is 12.1 Å². The van der Waals surface area contributed by atoms with Gasteiger partial charge in [0.2, 0.25) is 0 Å². The summed E-state index contributed by atoms with van der Waals surface area (Å²) in [6.07, 6.45) is 2.26. The van der Waals surface area contributed by atoms with E-state index in [2.05, 4.69) is 6.92 Å². The summed E-state index contributed by atoms with van der Waals surface area (Å²) in [6, 6.07) is 7.20. The molecule has 0 aliphatic rings. The largest absolute Gasteiger partial charge is 0.299 e. The van der Waals surface area contributed by atoms with Gasteiger partial charge in [-0.3, -0.25) is 9.69 Å². The Morgan fingerprint density at radius 3 is 2.69 bits per heavy atom. The summed E-state index contributed by atoms with van der Waals surface area (Å²) in [5, 5.41) is 0.538. The topological polar surface area (TPSA) is 20.3 Å². The molecule has 0 aliphatic carbocycles. The molecule has 1 aromatic rings. The van der Waals surface area contributed by atoms with Crippen LogP contribution >= 0.6 is 11.6 Å². The predicted octanol–water partition coefficient (Wildman–Crippen LogP) is 3.25. The molecule has 1 aromatic carbocycles. The van der Waals surface area contributed by atoms with Crippen molar-refractivity contribution in [1.82, 2.24) is 4.90 Å². The van der Waals surface area contributed by atoms with Crippen molar-refractivity contribution in [2.75, 3.05) is 20.1 Å². The highest BCUT2D eigenvalue weighted by Gasteiger charge is 2.11. The van der Waals surface area contributed by atoms with Crippen LogP contribution in [0.5, 0.6) is 0 Å².